The molecule has 12 heteroatoms. The third kappa shape index (κ3) is 8.69. The number of hydrogen-bond donors (Lipinski definition) is 7. The minimum absolute atomic E-state index is 0.01000. The molecule has 1 aromatic heterocycles. The number of nitrogens with two attached hydrogens (primary N) is 2. The summed E-state index contributed by atoms with van der Waals surface area (Å²) < 4.78 is 0. The fourth-order valence-corrected chi connectivity index (χ4v) is 3.73. The quantitative estimate of drug-likeness (QED) is 0.180. The van der Waals surface area contributed by atoms with Gasteiger partial charge in [0.05, 0.1) is 6.04 Å². The van der Waals surface area contributed by atoms with E-state index in [0.29, 0.717) is 0 Å². The van der Waals surface area contributed by atoms with Crippen LogP contribution in [-0.4, -0.2) is 64.4 Å². The standard InChI is InChI=1S/C24H34N6O6/c1-13(2)9-19(24(36)29-18(7-8-20(26)31)23(35)28-12-21(32)33)30-22(34)16(25)10-14-11-27-17-6-4-3-5-15(14)17/h3-6,11,13,16,18-19,27H,7-10,12,25H2,1-2H3,(H2,26,31)(H,28,35)(H,29,36)(H,30,34)(H,32,33). The maximum atomic E-state index is 13.0. The highest BCUT2D eigenvalue weighted by molar-refractivity contribution is 5.94. The Hall–Kier alpha value is -3.93. The number of primary amides is 1. The average Bonchev–Trinajstić information content (AvgIpc) is 3.21. The van der Waals surface area contributed by atoms with Gasteiger partial charge in [-0.25, -0.2) is 0 Å². The first-order valence-corrected chi connectivity index (χ1v) is 11.7. The number of H-pyrrole nitrogens is 1. The number of rotatable bonds is 14. The van der Waals surface area contributed by atoms with Crippen molar-refractivity contribution in [3.8, 4) is 0 Å². The van der Waals surface area contributed by atoms with Crippen molar-refractivity contribution in [3.63, 3.8) is 0 Å². The molecule has 0 radical (unpaired) electrons. The number of nitrogens with one attached hydrogen (secondary N) is 4. The van der Waals surface area contributed by atoms with E-state index in [1.165, 1.54) is 0 Å². The first-order valence-electron chi connectivity index (χ1n) is 11.7. The highest BCUT2D eigenvalue weighted by atomic mass is 16.4. The van der Waals surface area contributed by atoms with Crippen LogP contribution in [0, 0.1) is 5.92 Å². The SMILES string of the molecule is CC(C)CC(NC(=O)C(N)Cc1c[nH]c2ccccc12)C(=O)NC(CCC(N)=O)C(=O)NCC(=O)O. The first-order chi connectivity index (χ1) is 17.0. The molecule has 0 aliphatic heterocycles. The zero-order valence-corrected chi connectivity index (χ0v) is 20.4. The maximum absolute atomic E-state index is 13.0. The van der Waals surface area contributed by atoms with Gasteiger partial charge in [-0.3, -0.25) is 24.0 Å². The van der Waals surface area contributed by atoms with Gasteiger partial charge in [-0.15, -0.1) is 0 Å². The molecule has 196 valence electrons. The van der Waals surface area contributed by atoms with Gasteiger partial charge in [-0.2, -0.15) is 0 Å². The van der Waals surface area contributed by atoms with Gasteiger partial charge in [-0.05, 0) is 36.8 Å². The van der Waals surface area contributed by atoms with Crippen LogP contribution in [0.5, 0.6) is 0 Å². The molecule has 3 atom stereocenters. The topological polar surface area (TPSA) is 209 Å². The number of amides is 4. The molecular formula is C24H34N6O6. The smallest absolute Gasteiger partial charge is 0.322 e. The van der Waals surface area contributed by atoms with Crippen molar-refractivity contribution in [2.45, 2.75) is 57.7 Å². The number of carbonyl (C=O) groups excluding carboxylic acids is 4. The van der Waals surface area contributed by atoms with E-state index in [0.717, 1.165) is 16.5 Å². The molecule has 0 saturated heterocycles. The Bertz CT molecular complexity index is 1100. The lowest BCUT2D eigenvalue weighted by atomic mass is 10.0. The number of aromatic amines is 1. The highest BCUT2D eigenvalue weighted by Crippen LogP contribution is 2.19. The van der Waals surface area contributed by atoms with E-state index in [9.17, 15) is 24.0 Å². The number of carbonyl (C=O) groups is 5. The van der Waals surface area contributed by atoms with E-state index in [1.54, 1.807) is 6.20 Å². The van der Waals surface area contributed by atoms with Crippen molar-refractivity contribution >= 4 is 40.5 Å². The zero-order chi connectivity index (χ0) is 26.8. The van der Waals surface area contributed by atoms with Gasteiger partial charge in [0, 0.05) is 23.5 Å². The molecule has 2 aromatic rings. The summed E-state index contributed by atoms with van der Waals surface area (Å²) in [7, 11) is 0. The van der Waals surface area contributed by atoms with Crippen LogP contribution in [0.1, 0.15) is 38.7 Å². The van der Waals surface area contributed by atoms with Crippen molar-refractivity contribution < 1.29 is 29.1 Å². The van der Waals surface area contributed by atoms with Gasteiger partial charge in [0.2, 0.25) is 23.6 Å². The number of para-hydroxylation sites is 1. The number of carboxylic acids is 1. The van der Waals surface area contributed by atoms with Gasteiger partial charge in [0.25, 0.3) is 0 Å². The Labute approximate surface area is 208 Å². The van der Waals surface area contributed by atoms with Crippen LogP contribution in [0.3, 0.4) is 0 Å². The molecule has 0 spiro atoms. The molecule has 0 aliphatic carbocycles. The van der Waals surface area contributed by atoms with E-state index < -0.39 is 54.3 Å². The second-order valence-electron chi connectivity index (χ2n) is 9.04. The summed E-state index contributed by atoms with van der Waals surface area (Å²) in [5.41, 5.74) is 13.1. The van der Waals surface area contributed by atoms with Crippen LogP contribution in [0.15, 0.2) is 30.5 Å². The Balaban J connectivity index is 2.09. The van der Waals surface area contributed by atoms with E-state index >= 15 is 0 Å². The predicted molar refractivity (Wildman–Crippen MR) is 132 cm³/mol. The maximum Gasteiger partial charge on any atom is 0.322 e. The lowest BCUT2D eigenvalue weighted by Crippen LogP contribution is -2.56. The van der Waals surface area contributed by atoms with E-state index in [-0.39, 0.29) is 31.6 Å². The molecule has 0 fully saturated rings. The number of fused-ring (bicyclic) bond motifs is 1. The highest BCUT2D eigenvalue weighted by Gasteiger charge is 2.29. The summed E-state index contributed by atoms with van der Waals surface area (Å²) in [6, 6.07) is 4.46. The molecule has 3 unspecified atom stereocenters. The second kappa shape index (κ2) is 13.2. The predicted octanol–water partition coefficient (Wildman–Crippen LogP) is -0.480. The van der Waals surface area contributed by atoms with Crippen LogP contribution in [0.2, 0.25) is 0 Å². The number of carboxylic acid groups (broad SMARTS) is 1. The van der Waals surface area contributed by atoms with Crippen LogP contribution < -0.4 is 27.4 Å². The zero-order valence-electron chi connectivity index (χ0n) is 20.4. The molecule has 4 amide bonds. The van der Waals surface area contributed by atoms with Crippen molar-refractivity contribution in [2.24, 2.45) is 17.4 Å². The number of benzene rings is 1. The van der Waals surface area contributed by atoms with Crippen molar-refractivity contribution in [1.82, 2.24) is 20.9 Å². The van der Waals surface area contributed by atoms with Crippen LogP contribution >= 0.6 is 0 Å². The minimum Gasteiger partial charge on any atom is -0.480 e. The van der Waals surface area contributed by atoms with Gasteiger partial charge in [0.1, 0.15) is 18.6 Å². The fraction of sp³-hybridized carbons (Fsp3) is 0.458. The second-order valence-corrected chi connectivity index (χ2v) is 9.04. The van der Waals surface area contributed by atoms with Crippen molar-refractivity contribution in [2.75, 3.05) is 6.54 Å². The largest absolute Gasteiger partial charge is 0.480 e. The van der Waals surface area contributed by atoms with Crippen molar-refractivity contribution in [1.29, 1.82) is 0 Å². The van der Waals surface area contributed by atoms with Gasteiger partial charge in [-0.1, -0.05) is 32.0 Å². The molecule has 36 heavy (non-hydrogen) atoms. The molecule has 2 rings (SSSR count). The van der Waals surface area contributed by atoms with Crippen LogP contribution in [0.25, 0.3) is 10.9 Å². The summed E-state index contributed by atoms with van der Waals surface area (Å²) >= 11 is 0. The Kier molecular flexibility index (Phi) is 10.4. The molecule has 0 bridgehead atoms. The monoisotopic (exact) mass is 502 g/mol. The summed E-state index contributed by atoms with van der Waals surface area (Å²) in [4.78, 5) is 63.4. The normalized spacial score (nSPS) is 13.6. The summed E-state index contributed by atoms with van der Waals surface area (Å²) in [5.74, 6) is -3.91. The Morgan fingerprint density at radius 1 is 1.00 bits per heavy atom. The molecule has 0 saturated carbocycles. The van der Waals surface area contributed by atoms with E-state index in [4.69, 9.17) is 16.6 Å². The fourth-order valence-electron chi connectivity index (χ4n) is 3.73. The molecule has 9 N–H and O–H groups in total. The average molecular weight is 503 g/mol. The number of aromatic nitrogens is 1. The van der Waals surface area contributed by atoms with Gasteiger partial charge < -0.3 is 37.5 Å². The first kappa shape index (κ1) is 28.3. The summed E-state index contributed by atoms with van der Waals surface area (Å²) in [6.07, 6.45) is 1.95. The Morgan fingerprint density at radius 2 is 1.67 bits per heavy atom. The molecule has 1 aromatic carbocycles. The third-order valence-corrected chi connectivity index (χ3v) is 5.52. The van der Waals surface area contributed by atoms with E-state index in [1.807, 2.05) is 38.1 Å². The van der Waals surface area contributed by atoms with Crippen molar-refractivity contribution in [3.05, 3.63) is 36.0 Å². The third-order valence-electron chi connectivity index (χ3n) is 5.52. The lowest BCUT2D eigenvalue weighted by molar-refractivity contribution is -0.138. The summed E-state index contributed by atoms with van der Waals surface area (Å²) in [5, 5.41) is 17.1. The Morgan fingerprint density at radius 3 is 2.31 bits per heavy atom. The number of aliphatic carboxylic acids is 1. The van der Waals surface area contributed by atoms with E-state index in [2.05, 4.69) is 20.9 Å². The van der Waals surface area contributed by atoms with Gasteiger partial charge in [0.15, 0.2) is 0 Å². The minimum atomic E-state index is -1.27. The van der Waals surface area contributed by atoms with Crippen LogP contribution in [0.4, 0.5) is 0 Å². The molecular weight excluding hydrogens is 468 g/mol. The van der Waals surface area contributed by atoms with Crippen LogP contribution in [-0.2, 0) is 30.4 Å². The molecule has 1 heterocycles. The molecule has 0 aliphatic rings. The number of hydrogen-bond acceptors (Lipinski definition) is 6. The van der Waals surface area contributed by atoms with Gasteiger partial charge >= 0.3 is 5.97 Å². The lowest BCUT2D eigenvalue weighted by Gasteiger charge is -2.25. The molecule has 12 nitrogen and oxygen atoms in total. The summed E-state index contributed by atoms with van der Waals surface area (Å²) in [6.45, 7) is 3.07.